The number of hydrogen-bond donors (Lipinski definition) is 2. The van der Waals surface area contributed by atoms with Gasteiger partial charge in [0, 0.05) is 0 Å². The van der Waals surface area contributed by atoms with Crippen LogP contribution in [0.5, 0.6) is 0 Å². The van der Waals surface area contributed by atoms with E-state index in [0.717, 1.165) is 16.8 Å². The summed E-state index contributed by atoms with van der Waals surface area (Å²) in [6.45, 7) is 1.76. The Hall–Kier alpha value is -1.55. The third kappa shape index (κ3) is 1.85. The average Bonchev–Trinajstić information content (AvgIpc) is 2.86. The molecule has 3 N–H and O–H groups in total. The summed E-state index contributed by atoms with van der Waals surface area (Å²) < 4.78 is 50.1. The highest BCUT2D eigenvalue weighted by molar-refractivity contribution is 7.10. The van der Waals surface area contributed by atoms with Gasteiger partial charge in [-0.1, -0.05) is 12.1 Å². The zero-order chi connectivity index (χ0) is 15.0. The maximum Gasteiger partial charge on any atom is 0.167 e. The van der Waals surface area contributed by atoms with E-state index >= 15 is 0 Å². The van der Waals surface area contributed by atoms with Gasteiger partial charge in [-0.3, -0.25) is 0 Å². The monoisotopic (exact) mass is 211 g/mol. The number of aryl methyl sites for hydroxylation is 1. The van der Waals surface area contributed by atoms with Gasteiger partial charge in [0.05, 0.1) is 22.6 Å². The molecule has 0 aliphatic rings. The Morgan fingerprint density at radius 3 is 3.21 bits per heavy atom. The minimum atomic E-state index is -0.442. The summed E-state index contributed by atoms with van der Waals surface area (Å²) in [6.07, 6.45) is 0. The fourth-order valence-corrected chi connectivity index (χ4v) is 1.55. The molecule has 1 heterocycles. The van der Waals surface area contributed by atoms with Gasteiger partial charge in [0.25, 0.3) is 0 Å². The first-order valence-electron chi connectivity index (χ1n) is 6.83. The lowest BCUT2D eigenvalue weighted by Crippen LogP contribution is -1.93. The van der Waals surface area contributed by atoms with Crippen molar-refractivity contribution in [3.63, 3.8) is 0 Å². The van der Waals surface area contributed by atoms with Crippen LogP contribution in [0.25, 0.3) is 0 Å². The predicted octanol–water partition coefficient (Wildman–Crippen LogP) is 2.78. The molecule has 14 heavy (non-hydrogen) atoms. The van der Waals surface area contributed by atoms with Gasteiger partial charge >= 0.3 is 0 Å². The van der Waals surface area contributed by atoms with Crippen molar-refractivity contribution >= 4 is 27.9 Å². The molecule has 1 aromatic heterocycles. The summed E-state index contributed by atoms with van der Waals surface area (Å²) in [6, 6.07) is -0.00619. The Morgan fingerprint density at radius 2 is 2.50 bits per heavy atom. The zero-order valence-corrected chi connectivity index (χ0v) is 8.20. The number of nitrogens with one attached hydrogen (secondary N) is 1. The van der Waals surface area contributed by atoms with Crippen LogP contribution in [-0.2, 0) is 0 Å². The van der Waals surface area contributed by atoms with Crippen LogP contribution in [-0.4, -0.2) is 4.37 Å². The highest BCUT2D eigenvalue weighted by Crippen LogP contribution is 2.25. The quantitative estimate of drug-likeness (QED) is 0.767. The first kappa shape index (κ1) is 4.31. The molecule has 0 saturated heterocycles. The average molecular weight is 211 g/mol. The second-order valence-corrected chi connectivity index (χ2v) is 3.43. The van der Waals surface area contributed by atoms with E-state index in [9.17, 15) is 0 Å². The Morgan fingerprint density at radius 1 is 1.64 bits per heavy atom. The first-order valence-corrected chi connectivity index (χ1v) is 4.66. The Balaban J connectivity index is 2.67. The molecule has 0 radical (unpaired) electrons. The van der Waals surface area contributed by atoms with Crippen LogP contribution in [0.3, 0.4) is 0 Å². The van der Waals surface area contributed by atoms with Crippen molar-refractivity contribution < 1.29 is 8.31 Å². The van der Waals surface area contributed by atoms with Crippen LogP contribution in [0.4, 0.5) is 16.4 Å². The fourth-order valence-electron chi connectivity index (χ4n) is 0.903. The first-order chi connectivity index (χ1) is 9.38. The van der Waals surface area contributed by atoms with Crippen LogP contribution >= 0.6 is 11.5 Å². The molecule has 4 heteroatoms. The van der Waals surface area contributed by atoms with Gasteiger partial charge in [-0.15, -0.1) is 0 Å². The van der Waals surface area contributed by atoms with Crippen molar-refractivity contribution in [3.8, 4) is 0 Å². The number of benzene rings is 1. The molecule has 0 fully saturated rings. The van der Waals surface area contributed by atoms with Crippen molar-refractivity contribution in [1.82, 2.24) is 4.37 Å². The number of anilines is 3. The minimum absolute atomic E-state index is 0.102. The van der Waals surface area contributed by atoms with Crippen molar-refractivity contribution in [3.05, 3.63) is 35.9 Å². The lowest BCUT2D eigenvalue weighted by molar-refractivity contribution is 1.35. The lowest BCUT2D eigenvalue weighted by atomic mass is 10.3. The van der Waals surface area contributed by atoms with E-state index in [2.05, 4.69) is 4.37 Å². The number of para-hydroxylation sites is 2. The third-order valence-corrected chi connectivity index (χ3v) is 2.28. The molecule has 0 atom stereocenters. The van der Waals surface area contributed by atoms with Crippen LogP contribution in [0.1, 0.15) is 11.2 Å². The lowest BCUT2D eigenvalue weighted by Gasteiger charge is -2.05. The number of hydrogen-bond acceptors (Lipinski definition) is 4. The van der Waals surface area contributed by atoms with Crippen molar-refractivity contribution in [2.24, 2.45) is 0 Å². The van der Waals surface area contributed by atoms with Gasteiger partial charge in [0.15, 0.2) is 2.82 Å². The molecule has 2 rings (SSSR count). The summed E-state index contributed by atoms with van der Waals surface area (Å²) in [4.78, 5) is 0. The van der Waals surface area contributed by atoms with E-state index in [-0.39, 0.29) is 23.5 Å². The zero-order valence-electron chi connectivity index (χ0n) is 13.4. The maximum absolute atomic E-state index is 8.05. The van der Waals surface area contributed by atoms with Crippen LogP contribution in [0.2, 0.25) is 2.82 Å². The molecule has 0 aliphatic heterocycles. The molecule has 0 aliphatic carbocycles. The Kier molecular flexibility index (Phi) is 1.13. The standard InChI is InChI=1S/C10H11N3S/c1-7-6-10(14-13-7)12-9-5-3-2-4-8(9)11/h2-6,12H,11H2,1H3/i2D,3D,4D,5D/hD2. The number of nitrogens with two attached hydrogens (primary N) is 1. The fraction of sp³-hybridized carbons (Fsp3) is 0.100. The normalized spacial score (nSPS) is 15.8. The smallest absolute Gasteiger partial charge is 0.167 e. The Bertz CT molecular complexity index is 659. The van der Waals surface area contributed by atoms with Gasteiger partial charge in [0.1, 0.15) is 5.00 Å². The number of nitrogens with zero attached hydrogens (tertiary/aromatic N) is 1. The van der Waals surface area contributed by atoms with Gasteiger partial charge in [-0.05, 0) is 36.6 Å². The molecule has 0 spiro atoms. The third-order valence-electron chi connectivity index (χ3n) is 1.51. The maximum atomic E-state index is 8.05. The summed E-state index contributed by atoms with van der Waals surface area (Å²) in [5, 5.41) is 1.27. The van der Waals surface area contributed by atoms with E-state index in [1.165, 1.54) is 0 Å². The molecular weight excluding hydrogens is 194 g/mol. The highest BCUT2D eigenvalue weighted by Gasteiger charge is 2.00. The van der Waals surface area contributed by atoms with Crippen molar-refractivity contribution in [2.45, 2.75) is 6.92 Å². The second-order valence-electron chi connectivity index (χ2n) is 2.64. The van der Waals surface area contributed by atoms with E-state index in [1.807, 2.05) is 5.73 Å². The molecule has 72 valence electrons. The van der Waals surface area contributed by atoms with E-state index in [1.54, 1.807) is 13.0 Å². The molecule has 1 aromatic carbocycles. The van der Waals surface area contributed by atoms with Gasteiger partial charge in [0.2, 0.25) is 0 Å². The predicted molar refractivity (Wildman–Crippen MR) is 61.0 cm³/mol. The van der Waals surface area contributed by atoms with Gasteiger partial charge in [-0.25, -0.2) is 0 Å². The molecule has 2 aromatic rings. The second kappa shape index (κ2) is 3.67. The molecule has 0 bridgehead atoms. The SMILES string of the molecule is [2H]Nc1c([2H])c([2H])c([2H])c([2H])c1N([2H])c1cc(C)ns1. The number of nitrogen functional groups attached to an aromatic ring is 1. The molecule has 0 amide bonds. The number of aromatic nitrogens is 1. The molecule has 0 saturated carbocycles. The van der Waals surface area contributed by atoms with Crippen LogP contribution in [0, 0.1) is 6.92 Å². The summed E-state index contributed by atoms with van der Waals surface area (Å²) in [5.41, 5.74) is 2.46. The minimum Gasteiger partial charge on any atom is -0.397 e. The summed E-state index contributed by atoms with van der Waals surface area (Å²) in [7, 11) is 0. The highest BCUT2D eigenvalue weighted by atomic mass is 32.1. The van der Waals surface area contributed by atoms with Crippen LogP contribution < -0.4 is 11.0 Å². The number of rotatable bonds is 3. The molecule has 3 nitrogen and oxygen atoms in total. The van der Waals surface area contributed by atoms with Crippen LogP contribution in [0.15, 0.2) is 30.2 Å². The van der Waals surface area contributed by atoms with Crippen molar-refractivity contribution in [2.75, 3.05) is 11.0 Å². The summed E-state index contributed by atoms with van der Waals surface area (Å²) in [5.74, 6) is 0. The van der Waals surface area contributed by atoms with E-state index in [0.29, 0.717) is 10.7 Å². The van der Waals surface area contributed by atoms with E-state index in [4.69, 9.17) is 8.31 Å². The van der Waals surface area contributed by atoms with Gasteiger partial charge in [-0.2, -0.15) is 4.37 Å². The van der Waals surface area contributed by atoms with Crippen molar-refractivity contribution in [1.29, 1.82) is 0 Å². The molecular formula is C10H11N3S. The van der Waals surface area contributed by atoms with E-state index < -0.39 is 12.1 Å². The Labute approximate surface area is 95.3 Å². The molecule has 0 unspecified atom stereocenters. The topological polar surface area (TPSA) is 50.9 Å². The largest absolute Gasteiger partial charge is 0.397 e. The van der Waals surface area contributed by atoms with Gasteiger partial charge < -0.3 is 11.0 Å². The summed E-state index contributed by atoms with van der Waals surface area (Å²) >= 11 is 1.04.